The molecule has 0 aliphatic carbocycles. The highest BCUT2D eigenvalue weighted by molar-refractivity contribution is 5.48. The molecule has 0 unspecified atom stereocenters. The molecule has 0 spiro atoms. The Kier molecular flexibility index (Phi) is 3.19. The molecule has 1 aliphatic rings. The molecule has 0 atom stereocenters. The Morgan fingerprint density at radius 2 is 1.79 bits per heavy atom. The van der Waals surface area contributed by atoms with Crippen molar-refractivity contribution in [2.75, 3.05) is 26.2 Å². The van der Waals surface area contributed by atoms with Crippen LogP contribution in [0.5, 0.6) is 0 Å². The minimum atomic E-state index is 1.10. The molecular formula is C12H16N2. The molecule has 1 aliphatic heterocycles. The summed E-state index contributed by atoms with van der Waals surface area (Å²) in [6.45, 7) is 4.42. The first-order chi connectivity index (χ1) is 6.95. The van der Waals surface area contributed by atoms with Crippen LogP contribution in [-0.2, 0) is 0 Å². The lowest BCUT2D eigenvalue weighted by Gasteiger charge is -2.25. The molecule has 2 nitrogen and oxygen atoms in total. The second kappa shape index (κ2) is 4.82. The van der Waals surface area contributed by atoms with Gasteiger partial charge in [-0.15, -0.1) is 0 Å². The monoisotopic (exact) mass is 188 g/mol. The molecular weight excluding hydrogens is 172 g/mol. The molecule has 1 heterocycles. The van der Waals surface area contributed by atoms with Gasteiger partial charge < -0.3 is 10.2 Å². The summed E-state index contributed by atoms with van der Waals surface area (Å²) in [7, 11) is 0. The number of nitrogens with zero attached hydrogens (tertiary/aromatic N) is 1. The maximum Gasteiger partial charge on any atom is 0.0298 e. The summed E-state index contributed by atoms with van der Waals surface area (Å²) >= 11 is 0. The number of hydrogen-bond donors (Lipinski definition) is 1. The van der Waals surface area contributed by atoms with Gasteiger partial charge in [0.05, 0.1) is 0 Å². The molecule has 14 heavy (non-hydrogen) atoms. The zero-order chi connectivity index (χ0) is 9.64. The van der Waals surface area contributed by atoms with Crippen molar-refractivity contribution in [1.29, 1.82) is 0 Å². The predicted octanol–water partition coefficient (Wildman–Crippen LogP) is 1.56. The maximum atomic E-state index is 3.34. The van der Waals surface area contributed by atoms with Gasteiger partial charge in [-0.25, -0.2) is 0 Å². The van der Waals surface area contributed by atoms with Crippen molar-refractivity contribution < 1.29 is 0 Å². The lowest BCUT2D eigenvalue weighted by atomic mass is 10.2. The molecule has 1 N–H and O–H groups in total. The highest BCUT2D eigenvalue weighted by Gasteiger charge is 2.03. The Labute approximate surface area is 85.2 Å². The number of nitrogens with one attached hydrogen (secondary N) is 1. The Morgan fingerprint density at radius 1 is 1.07 bits per heavy atom. The van der Waals surface area contributed by atoms with Crippen LogP contribution in [0.15, 0.2) is 36.5 Å². The lowest BCUT2D eigenvalue weighted by molar-refractivity contribution is 0.326. The number of benzene rings is 1. The van der Waals surface area contributed by atoms with E-state index < -0.39 is 0 Å². The summed E-state index contributed by atoms with van der Waals surface area (Å²) in [6, 6.07) is 10.4. The van der Waals surface area contributed by atoms with E-state index in [0.717, 1.165) is 26.2 Å². The third-order valence-corrected chi connectivity index (χ3v) is 2.43. The van der Waals surface area contributed by atoms with E-state index in [9.17, 15) is 0 Å². The first-order valence-electron chi connectivity index (χ1n) is 5.13. The molecule has 0 radical (unpaired) electrons. The molecule has 1 saturated heterocycles. The van der Waals surface area contributed by atoms with Crippen LogP contribution in [0.2, 0.25) is 0 Å². The Hall–Kier alpha value is -1.28. The van der Waals surface area contributed by atoms with Crippen LogP contribution in [0, 0.1) is 0 Å². The summed E-state index contributed by atoms with van der Waals surface area (Å²) in [4.78, 5) is 2.35. The summed E-state index contributed by atoms with van der Waals surface area (Å²) in [5.74, 6) is 0. The standard InChI is InChI=1S/C12H16N2/c1-2-4-12(5-3-1)6-9-14-10-7-13-8-11-14/h1-6,9,13H,7-8,10-11H2/b9-6-. The maximum absolute atomic E-state index is 3.34. The first-order valence-corrected chi connectivity index (χ1v) is 5.13. The lowest BCUT2D eigenvalue weighted by Crippen LogP contribution is -2.40. The Balaban J connectivity index is 1.93. The molecule has 0 bridgehead atoms. The molecule has 1 aromatic carbocycles. The molecule has 0 amide bonds. The number of hydrogen-bond acceptors (Lipinski definition) is 2. The van der Waals surface area contributed by atoms with Crippen molar-refractivity contribution >= 4 is 6.08 Å². The van der Waals surface area contributed by atoms with Crippen LogP contribution in [0.4, 0.5) is 0 Å². The minimum absolute atomic E-state index is 1.10. The SMILES string of the molecule is C(=C/N1CCNCC1)/c1ccccc1. The molecule has 2 rings (SSSR count). The molecule has 0 saturated carbocycles. The Morgan fingerprint density at radius 3 is 2.50 bits per heavy atom. The van der Waals surface area contributed by atoms with E-state index in [2.05, 4.69) is 46.8 Å². The molecule has 74 valence electrons. The third-order valence-electron chi connectivity index (χ3n) is 2.43. The fourth-order valence-electron chi connectivity index (χ4n) is 1.59. The van der Waals surface area contributed by atoms with Gasteiger partial charge in [0.15, 0.2) is 0 Å². The molecule has 1 aromatic rings. The van der Waals surface area contributed by atoms with E-state index in [4.69, 9.17) is 0 Å². The van der Waals surface area contributed by atoms with Gasteiger partial charge in [-0.2, -0.15) is 0 Å². The quantitative estimate of drug-likeness (QED) is 0.757. The van der Waals surface area contributed by atoms with Crippen molar-refractivity contribution in [1.82, 2.24) is 10.2 Å². The van der Waals surface area contributed by atoms with E-state index in [0.29, 0.717) is 0 Å². The topological polar surface area (TPSA) is 15.3 Å². The molecule has 2 heteroatoms. The predicted molar refractivity (Wildman–Crippen MR) is 59.9 cm³/mol. The van der Waals surface area contributed by atoms with E-state index in [1.165, 1.54) is 5.56 Å². The van der Waals surface area contributed by atoms with E-state index in [1.807, 2.05) is 6.07 Å². The highest BCUT2D eigenvalue weighted by Crippen LogP contribution is 2.03. The fourth-order valence-corrected chi connectivity index (χ4v) is 1.59. The zero-order valence-corrected chi connectivity index (χ0v) is 8.32. The summed E-state index contributed by atoms with van der Waals surface area (Å²) in [6.07, 6.45) is 4.36. The van der Waals surface area contributed by atoms with Crippen molar-refractivity contribution in [2.45, 2.75) is 0 Å². The smallest absolute Gasteiger partial charge is 0.0298 e. The summed E-state index contributed by atoms with van der Waals surface area (Å²) in [5.41, 5.74) is 1.27. The Bertz CT molecular complexity index is 286. The number of piperazine rings is 1. The van der Waals surface area contributed by atoms with Crippen LogP contribution < -0.4 is 5.32 Å². The van der Waals surface area contributed by atoms with E-state index in [-0.39, 0.29) is 0 Å². The average molecular weight is 188 g/mol. The van der Waals surface area contributed by atoms with Gasteiger partial charge >= 0.3 is 0 Å². The first kappa shape index (κ1) is 9.28. The van der Waals surface area contributed by atoms with Crippen LogP contribution in [-0.4, -0.2) is 31.1 Å². The van der Waals surface area contributed by atoms with Gasteiger partial charge in [-0.1, -0.05) is 30.3 Å². The number of rotatable bonds is 2. The van der Waals surface area contributed by atoms with Crippen molar-refractivity contribution in [3.05, 3.63) is 42.1 Å². The van der Waals surface area contributed by atoms with Crippen molar-refractivity contribution in [3.63, 3.8) is 0 Å². The van der Waals surface area contributed by atoms with Crippen molar-refractivity contribution in [2.24, 2.45) is 0 Å². The van der Waals surface area contributed by atoms with E-state index in [1.54, 1.807) is 0 Å². The zero-order valence-electron chi connectivity index (χ0n) is 8.32. The molecule has 1 fully saturated rings. The molecule has 0 aromatic heterocycles. The van der Waals surface area contributed by atoms with Crippen molar-refractivity contribution in [3.8, 4) is 0 Å². The normalized spacial score (nSPS) is 17.6. The van der Waals surface area contributed by atoms with Crippen LogP contribution in [0.25, 0.3) is 6.08 Å². The minimum Gasteiger partial charge on any atom is -0.375 e. The van der Waals surface area contributed by atoms with Gasteiger partial charge in [-0.3, -0.25) is 0 Å². The van der Waals surface area contributed by atoms with Gasteiger partial charge in [0, 0.05) is 26.2 Å². The summed E-state index contributed by atoms with van der Waals surface area (Å²) < 4.78 is 0. The van der Waals surface area contributed by atoms with Crippen LogP contribution >= 0.6 is 0 Å². The highest BCUT2D eigenvalue weighted by atomic mass is 15.2. The fraction of sp³-hybridized carbons (Fsp3) is 0.333. The van der Waals surface area contributed by atoms with Crippen LogP contribution in [0.3, 0.4) is 0 Å². The van der Waals surface area contributed by atoms with Gasteiger partial charge in [0.1, 0.15) is 0 Å². The van der Waals surface area contributed by atoms with Gasteiger partial charge in [0.25, 0.3) is 0 Å². The van der Waals surface area contributed by atoms with Gasteiger partial charge in [0.2, 0.25) is 0 Å². The van der Waals surface area contributed by atoms with Gasteiger partial charge in [-0.05, 0) is 17.8 Å². The van der Waals surface area contributed by atoms with E-state index >= 15 is 0 Å². The summed E-state index contributed by atoms with van der Waals surface area (Å²) in [5, 5.41) is 3.34. The average Bonchev–Trinajstić information content (AvgIpc) is 2.29. The second-order valence-electron chi connectivity index (χ2n) is 3.51. The van der Waals surface area contributed by atoms with Crippen LogP contribution in [0.1, 0.15) is 5.56 Å². The second-order valence-corrected chi connectivity index (χ2v) is 3.51. The largest absolute Gasteiger partial charge is 0.375 e. The third kappa shape index (κ3) is 2.60.